The number of benzene rings is 2. The third-order valence-corrected chi connectivity index (χ3v) is 5.91. The zero-order valence-electron chi connectivity index (χ0n) is 15.5. The highest BCUT2D eigenvalue weighted by molar-refractivity contribution is 7.89. The number of nitrogens with one attached hydrogen (secondary N) is 1. The smallest absolute Gasteiger partial charge is 0.244 e. The number of aryl methyl sites for hydroxylation is 1. The fourth-order valence-corrected chi connectivity index (χ4v) is 4.15. The molecular formula is C20H23NO5S. The number of sulfonamides is 1. The number of para-hydroxylation sites is 1. The first-order chi connectivity index (χ1) is 12.8. The Kier molecular flexibility index (Phi) is 5.28. The van der Waals surface area contributed by atoms with Gasteiger partial charge in [0, 0.05) is 11.9 Å². The average Bonchev–Trinajstić information content (AvgIpc) is 3.11. The van der Waals surface area contributed by atoms with Gasteiger partial charge in [0.2, 0.25) is 10.0 Å². The van der Waals surface area contributed by atoms with Crippen LogP contribution in [0.2, 0.25) is 0 Å². The van der Waals surface area contributed by atoms with E-state index in [4.69, 9.17) is 9.15 Å². The van der Waals surface area contributed by atoms with Crippen LogP contribution < -0.4 is 9.46 Å². The maximum atomic E-state index is 12.8. The lowest BCUT2D eigenvalue weighted by atomic mass is 10.0. The number of rotatable bonds is 7. The molecule has 0 aliphatic heterocycles. The molecule has 0 spiro atoms. The second-order valence-corrected chi connectivity index (χ2v) is 8.32. The second-order valence-electron chi connectivity index (χ2n) is 6.59. The molecule has 0 aliphatic carbocycles. The molecule has 0 amide bonds. The van der Waals surface area contributed by atoms with Gasteiger partial charge >= 0.3 is 0 Å². The zero-order valence-corrected chi connectivity index (χ0v) is 16.3. The van der Waals surface area contributed by atoms with Gasteiger partial charge in [0.1, 0.15) is 27.6 Å². The number of aliphatic hydroxyl groups is 1. The van der Waals surface area contributed by atoms with E-state index >= 15 is 0 Å². The van der Waals surface area contributed by atoms with Gasteiger partial charge in [-0.2, -0.15) is 0 Å². The van der Waals surface area contributed by atoms with Crippen molar-refractivity contribution in [2.45, 2.75) is 30.8 Å². The summed E-state index contributed by atoms with van der Waals surface area (Å²) in [5.74, 6) is 0.545. The van der Waals surface area contributed by atoms with E-state index in [0.29, 0.717) is 17.8 Å². The summed E-state index contributed by atoms with van der Waals surface area (Å²) in [4.78, 5) is 0.0461. The second kappa shape index (κ2) is 7.34. The molecule has 0 saturated heterocycles. The minimum Gasteiger partial charge on any atom is -0.495 e. The summed E-state index contributed by atoms with van der Waals surface area (Å²) >= 11 is 0. The van der Waals surface area contributed by atoms with Crippen molar-refractivity contribution in [3.63, 3.8) is 0 Å². The first kappa shape index (κ1) is 19.4. The fraction of sp³-hybridized carbons (Fsp3) is 0.300. The van der Waals surface area contributed by atoms with Crippen LogP contribution in [0.5, 0.6) is 5.75 Å². The molecule has 2 aromatic carbocycles. The third kappa shape index (κ3) is 4.00. The summed E-state index contributed by atoms with van der Waals surface area (Å²) in [6, 6.07) is 14.1. The Labute approximate surface area is 158 Å². The molecule has 3 aromatic rings. The molecule has 2 N–H and O–H groups in total. The maximum Gasteiger partial charge on any atom is 0.244 e. The maximum absolute atomic E-state index is 12.8. The Morgan fingerprint density at radius 1 is 1.19 bits per heavy atom. The van der Waals surface area contributed by atoms with Crippen LogP contribution in [-0.2, 0) is 22.0 Å². The van der Waals surface area contributed by atoms with E-state index in [1.807, 2.05) is 31.2 Å². The lowest BCUT2D eigenvalue weighted by molar-refractivity contribution is 0.0411. The SMILES string of the molecule is CCc1ccc(OC)c(S(=O)(=O)NCC(C)(O)c2cc3ccccc3o2)c1. The molecule has 0 fully saturated rings. The van der Waals surface area contributed by atoms with E-state index < -0.39 is 15.6 Å². The molecule has 3 rings (SSSR count). The van der Waals surface area contributed by atoms with Crippen molar-refractivity contribution >= 4 is 21.0 Å². The molecule has 144 valence electrons. The standard InChI is InChI=1S/C20H23NO5S/c1-4-14-9-10-17(25-3)18(11-14)27(23,24)21-13-20(2,22)19-12-15-7-5-6-8-16(15)26-19/h5-12,21-22H,4,13H2,1-3H3. The molecule has 27 heavy (non-hydrogen) atoms. The van der Waals surface area contributed by atoms with Gasteiger partial charge in [-0.05, 0) is 43.2 Å². The Balaban J connectivity index is 1.86. The van der Waals surface area contributed by atoms with E-state index in [1.54, 1.807) is 24.3 Å². The largest absolute Gasteiger partial charge is 0.495 e. The minimum atomic E-state index is -3.88. The quantitative estimate of drug-likeness (QED) is 0.648. The van der Waals surface area contributed by atoms with Gasteiger partial charge in [-0.25, -0.2) is 13.1 Å². The van der Waals surface area contributed by atoms with Crippen molar-refractivity contribution in [2.75, 3.05) is 13.7 Å². The summed E-state index contributed by atoms with van der Waals surface area (Å²) in [5, 5.41) is 11.6. The molecule has 7 heteroatoms. The number of furan rings is 1. The van der Waals surface area contributed by atoms with Gasteiger partial charge in [-0.3, -0.25) is 0 Å². The molecule has 0 radical (unpaired) electrons. The Morgan fingerprint density at radius 2 is 1.93 bits per heavy atom. The van der Waals surface area contributed by atoms with E-state index in [9.17, 15) is 13.5 Å². The summed E-state index contributed by atoms with van der Waals surface area (Å²) in [7, 11) is -2.46. The topological polar surface area (TPSA) is 88.8 Å². The van der Waals surface area contributed by atoms with Crippen molar-refractivity contribution in [1.29, 1.82) is 0 Å². The van der Waals surface area contributed by atoms with Crippen LogP contribution >= 0.6 is 0 Å². The van der Waals surface area contributed by atoms with Gasteiger partial charge in [0.15, 0.2) is 0 Å². The highest BCUT2D eigenvalue weighted by atomic mass is 32.2. The van der Waals surface area contributed by atoms with Gasteiger partial charge in [-0.15, -0.1) is 0 Å². The predicted molar refractivity (Wildman–Crippen MR) is 103 cm³/mol. The van der Waals surface area contributed by atoms with Crippen molar-refractivity contribution < 1.29 is 22.7 Å². The van der Waals surface area contributed by atoms with Gasteiger partial charge in [0.25, 0.3) is 0 Å². The molecule has 1 atom stereocenters. The highest BCUT2D eigenvalue weighted by Crippen LogP contribution is 2.29. The van der Waals surface area contributed by atoms with E-state index in [0.717, 1.165) is 10.9 Å². The van der Waals surface area contributed by atoms with Crippen LogP contribution in [0, 0.1) is 0 Å². The molecule has 0 aliphatic rings. The van der Waals surface area contributed by atoms with Gasteiger partial charge < -0.3 is 14.3 Å². The molecule has 0 bridgehead atoms. The van der Waals surface area contributed by atoms with Crippen LogP contribution in [0.3, 0.4) is 0 Å². The highest BCUT2D eigenvalue weighted by Gasteiger charge is 2.31. The van der Waals surface area contributed by atoms with Gasteiger partial charge in [0.05, 0.1) is 7.11 Å². The van der Waals surface area contributed by atoms with E-state index in [-0.39, 0.29) is 17.2 Å². The zero-order chi connectivity index (χ0) is 19.7. The summed E-state index contributed by atoms with van der Waals surface area (Å²) < 4.78 is 38.9. The Hall–Kier alpha value is -2.35. The Bertz CT molecular complexity index is 1020. The number of fused-ring (bicyclic) bond motifs is 1. The average molecular weight is 389 g/mol. The first-order valence-corrected chi connectivity index (χ1v) is 10.1. The number of methoxy groups -OCH3 is 1. The van der Waals surface area contributed by atoms with Gasteiger partial charge in [-0.1, -0.05) is 31.2 Å². The molecular weight excluding hydrogens is 366 g/mol. The van der Waals surface area contributed by atoms with Crippen LogP contribution in [0.15, 0.2) is 57.8 Å². The summed E-state index contributed by atoms with van der Waals surface area (Å²) in [6.45, 7) is 3.21. The van der Waals surface area contributed by atoms with Crippen LogP contribution in [-0.4, -0.2) is 27.2 Å². The number of hydrogen-bond acceptors (Lipinski definition) is 5. The monoisotopic (exact) mass is 389 g/mol. The van der Waals surface area contributed by atoms with Crippen molar-refractivity contribution in [3.05, 3.63) is 59.9 Å². The van der Waals surface area contributed by atoms with Crippen molar-refractivity contribution in [2.24, 2.45) is 0 Å². The minimum absolute atomic E-state index is 0.0461. The Morgan fingerprint density at radius 3 is 2.59 bits per heavy atom. The van der Waals surface area contributed by atoms with Crippen LogP contribution in [0.1, 0.15) is 25.2 Å². The van der Waals surface area contributed by atoms with Crippen LogP contribution in [0.25, 0.3) is 11.0 Å². The molecule has 1 heterocycles. The predicted octanol–water partition coefficient (Wildman–Crippen LogP) is 3.19. The number of hydrogen-bond donors (Lipinski definition) is 2. The molecule has 1 unspecified atom stereocenters. The third-order valence-electron chi connectivity index (χ3n) is 4.49. The molecule has 6 nitrogen and oxygen atoms in total. The number of ether oxygens (including phenoxy) is 1. The summed E-state index contributed by atoms with van der Waals surface area (Å²) in [5.41, 5.74) is -0.00465. The first-order valence-electron chi connectivity index (χ1n) is 8.65. The summed E-state index contributed by atoms with van der Waals surface area (Å²) in [6.07, 6.45) is 0.698. The van der Waals surface area contributed by atoms with E-state index in [2.05, 4.69) is 4.72 Å². The lowest BCUT2D eigenvalue weighted by Crippen LogP contribution is -2.38. The van der Waals surface area contributed by atoms with Crippen molar-refractivity contribution in [1.82, 2.24) is 4.72 Å². The van der Waals surface area contributed by atoms with Crippen molar-refractivity contribution in [3.8, 4) is 5.75 Å². The van der Waals surface area contributed by atoms with E-state index in [1.165, 1.54) is 14.0 Å². The normalized spacial score (nSPS) is 14.2. The molecule has 0 saturated carbocycles. The fourth-order valence-electron chi connectivity index (χ4n) is 2.80. The lowest BCUT2D eigenvalue weighted by Gasteiger charge is -2.21. The van der Waals surface area contributed by atoms with Crippen LogP contribution in [0.4, 0.5) is 0 Å². The molecule has 1 aromatic heterocycles.